The summed E-state index contributed by atoms with van der Waals surface area (Å²) in [6.45, 7) is 8.21. The average molecular weight is 427 g/mol. The molecule has 2 saturated heterocycles. The van der Waals surface area contributed by atoms with Crippen molar-refractivity contribution in [3.63, 3.8) is 0 Å². The minimum atomic E-state index is -3.51. The molecule has 0 unspecified atom stereocenters. The van der Waals surface area contributed by atoms with Gasteiger partial charge in [0.25, 0.3) is 0 Å². The van der Waals surface area contributed by atoms with E-state index in [-0.39, 0.29) is 16.1 Å². The van der Waals surface area contributed by atoms with E-state index in [0.29, 0.717) is 24.0 Å². The van der Waals surface area contributed by atoms with E-state index in [9.17, 15) is 13.2 Å². The second-order valence-corrected chi connectivity index (χ2v) is 11.1. The maximum Gasteiger partial charge on any atom is 0.244 e. The SMILES string of the molecule is CC1CCN(C(=O)[C@H](C)Sc2ccc(S(=O)(=O)N3CCN(C)CC3)cn2)CC1. The summed E-state index contributed by atoms with van der Waals surface area (Å²) >= 11 is 1.38. The van der Waals surface area contributed by atoms with Gasteiger partial charge >= 0.3 is 0 Å². The molecule has 1 atom stereocenters. The van der Waals surface area contributed by atoms with Gasteiger partial charge in [-0.15, -0.1) is 0 Å². The predicted molar refractivity (Wildman–Crippen MR) is 111 cm³/mol. The summed E-state index contributed by atoms with van der Waals surface area (Å²) < 4.78 is 27.1. The number of likely N-dealkylation sites (N-methyl/N-ethyl adjacent to an activating group) is 1. The molecule has 0 aromatic carbocycles. The summed E-state index contributed by atoms with van der Waals surface area (Å²) in [5, 5.41) is 0.435. The molecule has 0 bridgehead atoms. The van der Waals surface area contributed by atoms with Crippen LogP contribution in [0.25, 0.3) is 0 Å². The molecule has 0 saturated carbocycles. The van der Waals surface area contributed by atoms with Gasteiger partial charge in [0.1, 0.15) is 4.90 Å². The van der Waals surface area contributed by atoms with Gasteiger partial charge in [-0.2, -0.15) is 4.31 Å². The molecule has 0 radical (unpaired) electrons. The first kappa shape index (κ1) is 21.5. The number of piperidine rings is 1. The van der Waals surface area contributed by atoms with E-state index in [1.807, 2.05) is 18.9 Å². The van der Waals surface area contributed by atoms with Crippen LogP contribution in [0.3, 0.4) is 0 Å². The molecule has 0 spiro atoms. The van der Waals surface area contributed by atoms with E-state index in [1.54, 1.807) is 12.1 Å². The van der Waals surface area contributed by atoms with E-state index < -0.39 is 10.0 Å². The van der Waals surface area contributed by atoms with Crippen LogP contribution in [0.5, 0.6) is 0 Å². The molecule has 7 nitrogen and oxygen atoms in total. The standard InChI is InChI=1S/C19H30N4O3S2/c1-15-6-8-22(9-7-15)19(24)16(2)27-18-5-4-17(14-20-18)28(25,26)23-12-10-21(3)11-13-23/h4-5,14-16H,6-13H2,1-3H3/t16-/m0/s1. The van der Waals surface area contributed by atoms with Gasteiger partial charge in [-0.3, -0.25) is 4.79 Å². The molecule has 0 aliphatic carbocycles. The third kappa shape index (κ3) is 5.06. The largest absolute Gasteiger partial charge is 0.342 e. The molecule has 2 aliphatic heterocycles. The van der Waals surface area contributed by atoms with Crippen LogP contribution in [0, 0.1) is 5.92 Å². The lowest BCUT2D eigenvalue weighted by atomic mass is 9.99. The van der Waals surface area contributed by atoms with Crippen LogP contribution >= 0.6 is 11.8 Å². The number of amides is 1. The minimum Gasteiger partial charge on any atom is -0.342 e. The molecule has 0 N–H and O–H groups in total. The van der Waals surface area contributed by atoms with Gasteiger partial charge in [-0.25, -0.2) is 13.4 Å². The molecule has 1 aromatic rings. The number of nitrogens with zero attached hydrogens (tertiary/aromatic N) is 4. The fourth-order valence-corrected chi connectivity index (χ4v) is 5.72. The zero-order valence-corrected chi connectivity index (χ0v) is 18.5. The van der Waals surface area contributed by atoms with Crippen LogP contribution in [0.1, 0.15) is 26.7 Å². The van der Waals surface area contributed by atoms with E-state index in [2.05, 4.69) is 16.8 Å². The molecule has 3 rings (SSSR count). The van der Waals surface area contributed by atoms with Crippen molar-refractivity contribution < 1.29 is 13.2 Å². The zero-order chi connectivity index (χ0) is 20.3. The normalized spacial score (nSPS) is 21.6. The highest BCUT2D eigenvalue weighted by Gasteiger charge is 2.28. The third-order valence-electron chi connectivity index (χ3n) is 5.55. The molecular formula is C19H30N4O3S2. The van der Waals surface area contributed by atoms with Gasteiger partial charge in [-0.05, 0) is 44.9 Å². The van der Waals surface area contributed by atoms with Gasteiger partial charge in [-0.1, -0.05) is 18.7 Å². The summed E-state index contributed by atoms with van der Waals surface area (Å²) in [5.74, 6) is 0.816. The first-order valence-corrected chi connectivity index (χ1v) is 12.2. The molecule has 156 valence electrons. The lowest BCUT2D eigenvalue weighted by Crippen LogP contribution is -2.47. The van der Waals surface area contributed by atoms with Gasteiger partial charge in [0.2, 0.25) is 15.9 Å². The molecule has 1 aromatic heterocycles. The number of carbonyl (C=O) groups is 1. The summed E-state index contributed by atoms with van der Waals surface area (Å²) in [6.07, 6.45) is 3.52. The number of sulfonamides is 1. The summed E-state index contributed by atoms with van der Waals surface area (Å²) in [6, 6.07) is 3.30. The Morgan fingerprint density at radius 1 is 1.14 bits per heavy atom. The Bertz CT molecular complexity index is 769. The fourth-order valence-electron chi connectivity index (χ4n) is 3.48. The summed E-state index contributed by atoms with van der Waals surface area (Å²) in [4.78, 5) is 21.2. The predicted octanol–water partition coefficient (Wildman–Crippen LogP) is 1.76. The monoisotopic (exact) mass is 426 g/mol. The van der Waals surface area contributed by atoms with Crippen LogP contribution in [0.15, 0.2) is 28.3 Å². The van der Waals surface area contributed by atoms with E-state index in [1.165, 1.54) is 22.3 Å². The maximum absolute atomic E-state index is 12.8. The van der Waals surface area contributed by atoms with Crippen LogP contribution in [-0.4, -0.2) is 85.0 Å². The van der Waals surface area contributed by atoms with Gasteiger partial charge in [0.05, 0.1) is 10.3 Å². The van der Waals surface area contributed by atoms with Crippen molar-refractivity contribution in [2.75, 3.05) is 46.3 Å². The number of rotatable bonds is 5. The molecule has 28 heavy (non-hydrogen) atoms. The molecule has 9 heteroatoms. The van der Waals surface area contributed by atoms with Gasteiger partial charge in [0.15, 0.2) is 0 Å². The van der Waals surface area contributed by atoms with E-state index >= 15 is 0 Å². The van der Waals surface area contributed by atoms with Crippen molar-refractivity contribution in [1.82, 2.24) is 19.1 Å². The molecule has 2 aliphatic rings. The Kier molecular flexibility index (Phi) is 7.01. The Labute approximate surface area is 172 Å². The first-order valence-electron chi connectivity index (χ1n) is 9.87. The van der Waals surface area contributed by atoms with E-state index in [0.717, 1.165) is 39.0 Å². The van der Waals surface area contributed by atoms with Crippen molar-refractivity contribution in [2.24, 2.45) is 5.92 Å². The van der Waals surface area contributed by atoms with Crippen molar-refractivity contribution >= 4 is 27.7 Å². The van der Waals surface area contributed by atoms with Crippen molar-refractivity contribution in [3.05, 3.63) is 18.3 Å². The Hall–Kier alpha value is -1.16. The molecular weight excluding hydrogens is 396 g/mol. The van der Waals surface area contributed by atoms with Crippen LogP contribution in [0.2, 0.25) is 0 Å². The summed E-state index contributed by atoms with van der Waals surface area (Å²) in [5.41, 5.74) is 0. The quantitative estimate of drug-likeness (QED) is 0.668. The average Bonchev–Trinajstić information content (AvgIpc) is 2.69. The van der Waals surface area contributed by atoms with Crippen molar-refractivity contribution in [2.45, 2.75) is 41.9 Å². The van der Waals surface area contributed by atoms with Crippen molar-refractivity contribution in [3.8, 4) is 0 Å². The van der Waals surface area contributed by atoms with Gasteiger partial charge in [0, 0.05) is 45.5 Å². The lowest BCUT2D eigenvalue weighted by Gasteiger charge is -2.32. The number of aromatic nitrogens is 1. The smallest absolute Gasteiger partial charge is 0.244 e. The minimum absolute atomic E-state index is 0.132. The highest BCUT2D eigenvalue weighted by Crippen LogP contribution is 2.26. The Morgan fingerprint density at radius 2 is 1.79 bits per heavy atom. The maximum atomic E-state index is 12.8. The van der Waals surface area contributed by atoms with Gasteiger partial charge < -0.3 is 9.80 Å². The van der Waals surface area contributed by atoms with E-state index in [4.69, 9.17) is 0 Å². The first-order chi connectivity index (χ1) is 13.3. The number of thioether (sulfide) groups is 1. The second kappa shape index (κ2) is 9.11. The zero-order valence-electron chi connectivity index (χ0n) is 16.9. The fraction of sp³-hybridized carbons (Fsp3) is 0.684. The topological polar surface area (TPSA) is 73.8 Å². The number of carbonyl (C=O) groups excluding carboxylic acids is 1. The lowest BCUT2D eigenvalue weighted by molar-refractivity contribution is -0.131. The highest BCUT2D eigenvalue weighted by molar-refractivity contribution is 8.00. The number of pyridine rings is 1. The number of piperazine rings is 1. The molecule has 1 amide bonds. The third-order valence-corrected chi connectivity index (χ3v) is 8.47. The van der Waals surface area contributed by atoms with Crippen molar-refractivity contribution in [1.29, 1.82) is 0 Å². The Balaban J connectivity index is 1.60. The molecule has 3 heterocycles. The number of hydrogen-bond acceptors (Lipinski definition) is 6. The van der Waals surface area contributed by atoms with Crippen LogP contribution in [-0.2, 0) is 14.8 Å². The van der Waals surface area contributed by atoms with Crippen LogP contribution < -0.4 is 0 Å². The highest BCUT2D eigenvalue weighted by atomic mass is 32.2. The molecule has 2 fully saturated rings. The summed E-state index contributed by atoms with van der Waals surface area (Å²) in [7, 11) is -1.52. The number of likely N-dealkylation sites (tertiary alicyclic amines) is 1. The number of hydrogen-bond donors (Lipinski definition) is 0. The second-order valence-electron chi connectivity index (χ2n) is 7.81. The van der Waals surface area contributed by atoms with Crippen LogP contribution in [0.4, 0.5) is 0 Å². The Morgan fingerprint density at radius 3 is 2.36 bits per heavy atom.